The van der Waals surface area contributed by atoms with E-state index in [2.05, 4.69) is 0 Å². The minimum Gasteiger partial charge on any atom is -0.372 e. The van der Waals surface area contributed by atoms with Crippen LogP contribution in [-0.4, -0.2) is 4.57 Å². The molecule has 0 atom stereocenters. The van der Waals surface area contributed by atoms with Crippen molar-refractivity contribution in [3.63, 3.8) is 0 Å². The van der Waals surface area contributed by atoms with E-state index in [9.17, 15) is 9.59 Å². The molecule has 1 aromatic heterocycles. The van der Waals surface area contributed by atoms with E-state index in [1.54, 1.807) is 42.5 Å². The highest BCUT2D eigenvalue weighted by Crippen LogP contribution is 2.25. The van der Waals surface area contributed by atoms with E-state index in [0.29, 0.717) is 26.5 Å². The highest BCUT2D eigenvalue weighted by molar-refractivity contribution is 6.36. The van der Waals surface area contributed by atoms with Gasteiger partial charge in [-0.1, -0.05) is 41.4 Å². The van der Waals surface area contributed by atoms with Gasteiger partial charge in [0.2, 0.25) is 0 Å². The minimum atomic E-state index is -0.741. The largest absolute Gasteiger partial charge is 0.422 e. The van der Waals surface area contributed by atoms with Gasteiger partial charge in [0.1, 0.15) is 0 Å². The number of para-hydroxylation sites is 1. The number of hydrogen-bond donors (Lipinski definition) is 0. The van der Waals surface area contributed by atoms with Gasteiger partial charge in [-0.25, -0.2) is 9.59 Å². The number of aromatic nitrogens is 1. The second-order valence-corrected chi connectivity index (χ2v) is 5.27. The van der Waals surface area contributed by atoms with Crippen molar-refractivity contribution in [2.75, 3.05) is 0 Å². The Morgan fingerprint density at radius 2 is 1.62 bits per heavy atom. The Morgan fingerprint density at radius 3 is 2.33 bits per heavy atom. The predicted octanol–water partition coefficient (Wildman–Crippen LogP) is 3.31. The Labute approximate surface area is 129 Å². The van der Waals surface area contributed by atoms with Gasteiger partial charge < -0.3 is 4.42 Å². The molecule has 1 heterocycles. The van der Waals surface area contributed by atoms with E-state index in [4.69, 9.17) is 27.6 Å². The van der Waals surface area contributed by atoms with Gasteiger partial charge in [0.15, 0.2) is 0 Å². The maximum Gasteiger partial charge on any atom is 0.422 e. The standard InChI is InChI=1S/C15H9Cl2NO3/c16-11-5-3-6-12(17)10(11)8-18-13-7-2-1-4-9(13)14(19)21-15(18)20/h1-7H,8H2. The van der Waals surface area contributed by atoms with Crippen LogP contribution in [0.4, 0.5) is 0 Å². The van der Waals surface area contributed by atoms with E-state index in [1.807, 2.05) is 0 Å². The van der Waals surface area contributed by atoms with Crippen molar-refractivity contribution in [3.05, 3.63) is 79.0 Å². The summed E-state index contributed by atoms with van der Waals surface area (Å²) in [4.78, 5) is 23.7. The van der Waals surface area contributed by atoms with E-state index in [1.165, 1.54) is 4.57 Å². The SMILES string of the molecule is O=c1oc(=O)n(Cc2c(Cl)cccc2Cl)c2ccccc12. The zero-order valence-electron chi connectivity index (χ0n) is 10.7. The molecule has 0 saturated heterocycles. The van der Waals surface area contributed by atoms with Crippen LogP contribution in [0.25, 0.3) is 10.9 Å². The summed E-state index contributed by atoms with van der Waals surface area (Å²) in [7, 11) is 0. The maximum absolute atomic E-state index is 12.0. The van der Waals surface area contributed by atoms with Gasteiger partial charge in [0, 0.05) is 15.6 Å². The first kappa shape index (κ1) is 13.9. The molecule has 106 valence electrons. The van der Waals surface area contributed by atoms with Crippen molar-refractivity contribution < 1.29 is 4.42 Å². The Balaban J connectivity index is 2.27. The van der Waals surface area contributed by atoms with Crippen LogP contribution in [0.3, 0.4) is 0 Å². The zero-order chi connectivity index (χ0) is 15.0. The van der Waals surface area contributed by atoms with Gasteiger partial charge in [0.05, 0.1) is 17.4 Å². The second kappa shape index (κ2) is 5.39. The molecule has 0 aliphatic heterocycles. The van der Waals surface area contributed by atoms with Crippen LogP contribution < -0.4 is 11.4 Å². The summed E-state index contributed by atoms with van der Waals surface area (Å²) in [5.41, 5.74) is 0.425. The quantitative estimate of drug-likeness (QED) is 0.727. The first-order chi connectivity index (χ1) is 10.1. The number of nitrogens with zero attached hydrogens (tertiary/aromatic N) is 1. The van der Waals surface area contributed by atoms with Gasteiger partial charge >= 0.3 is 11.4 Å². The lowest BCUT2D eigenvalue weighted by Gasteiger charge is -2.11. The molecule has 3 rings (SSSR count). The molecule has 0 unspecified atom stereocenters. The Hall–Kier alpha value is -2.04. The molecule has 21 heavy (non-hydrogen) atoms. The smallest absolute Gasteiger partial charge is 0.372 e. The molecule has 0 amide bonds. The fourth-order valence-corrected chi connectivity index (χ4v) is 2.68. The zero-order valence-corrected chi connectivity index (χ0v) is 12.2. The van der Waals surface area contributed by atoms with Crippen molar-refractivity contribution >= 4 is 34.1 Å². The summed E-state index contributed by atoms with van der Waals surface area (Å²) in [6.07, 6.45) is 0. The van der Waals surface area contributed by atoms with E-state index >= 15 is 0 Å². The predicted molar refractivity (Wildman–Crippen MR) is 82.3 cm³/mol. The molecule has 0 radical (unpaired) electrons. The van der Waals surface area contributed by atoms with Crippen molar-refractivity contribution in [1.29, 1.82) is 0 Å². The molecule has 0 bridgehead atoms. The topological polar surface area (TPSA) is 52.2 Å². The normalized spacial score (nSPS) is 11.0. The van der Waals surface area contributed by atoms with Gasteiger partial charge in [0.25, 0.3) is 0 Å². The summed E-state index contributed by atoms with van der Waals surface area (Å²) < 4.78 is 6.08. The molecule has 0 N–H and O–H groups in total. The molecule has 0 spiro atoms. The highest BCUT2D eigenvalue weighted by Gasteiger charge is 2.12. The third-order valence-corrected chi connectivity index (χ3v) is 3.90. The Kier molecular flexibility index (Phi) is 3.57. The molecule has 4 nitrogen and oxygen atoms in total. The van der Waals surface area contributed by atoms with Gasteiger partial charge in [-0.05, 0) is 24.3 Å². The van der Waals surface area contributed by atoms with Crippen molar-refractivity contribution in [2.45, 2.75) is 6.54 Å². The van der Waals surface area contributed by atoms with Gasteiger partial charge in [-0.15, -0.1) is 0 Å². The van der Waals surface area contributed by atoms with Gasteiger partial charge in [-0.3, -0.25) is 4.57 Å². The summed E-state index contributed by atoms with van der Waals surface area (Å²) in [5, 5.41) is 1.23. The molecule has 0 saturated carbocycles. The summed E-state index contributed by atoms with van der Waals surface area (Å²) >= 11 is 12.2. The fraction of sp³-hybridized carbons (Fsp3) is 0.0667. The molecule has 0 fully saturated rings. The van der Waals surface area contributed by atoms with Gasteiger partial charge in [-0.2, -0.15) is 0 Å². The van der Waals surface area contributed by atoms with Crippen molar-refractivity contribution in [2.24, 2.45) is 0 Å². The summed E-state index contributed by atoms with van der Waals surface area (Å²) in [6.45, 7) is 0.127. The second-order valence-electron chi connectivity index (χ2n) is 4.46. The average molecular weight is 322 g/mol. The maximum atomic E-state index is 12.0. The average Bonchev–Trinajstić information content (AvgIpc) is 2.46. The fourth-order valence-electron chi connectivity index (χ4n) is 2.16. The van der Waals surface area contributed by atoms with Crippen LogP contribution >= 0.6 is 23.2 Å². The third-order valence-electron chi connectivity index (χ3n) is 3.19. The van der Waals surface area contributed by atoms with E-state index < -0.39 is 11.4 Å². The number of benzene rings is 2. The lowest BCUT2D eigenvalue weighted by Crippen LogP contribution is -2.25. The van der Waals surface area contributed by atoms with Crippen molar-refractivity contribution in [3.8, 4) is 0 Å². The Bertz CT molecular complexity index is 923. The first-order valence-corrected chi connectivity index (χ1v) is 6.89. The van der Waals surface area contributed by atoms with Crippen molar-refractivity contribution in [1.82, 2.24) is 4.57 Å². The van der Waals surface area contributed by atoms with E-state index in [0.717, 1.165) is 0 Å². The lowest BCUT2D eigenvalue weighted by atomic mass is 10.2. The minimum absolute atomic E-state index is 0.127. The lowest BCUT2D eigenvalue weighted by molar-refractivity contribution is 0.425. The third kappa shape index (κ3) is 2.48. The van der Waals surface area contributed by atoms with Crippen LogP contribution in [0.2, 0.25) is 10.0 Å². The number of rotatable bonds is 2. The number of halogens is 2. The van der Waals surface area contributed by atoms with Crippen LogP contribution in [0, 0.1) is 0 Å². The number of fused-ring (bicyclic) bond motifs is 1. The summed E-state index contributed by atoms with van der Waals surface area (Å²) in [5.74, 6) is -0.741. The molecule has 6 heteroatoms. The molecule has 3 aromatic rings. The summed E-state index contributed by atoms with van der Waals surface area (Å²) in [6, 6.07) is 11.8. The monoisotopic (exact) mass is 321 g/mol. The van der Waals surface area contributed by atoms with Crippen LogP contribution in [-0.2, 0) is 6.54 Å². The molecular weight excluding hydrogens is 313 g/mol. The van der Waals surface area contributed by atoms with Crippen LogP contribution in [0.1, 0.15) is 5.56 Å². The molecule has 0 aliphatic rings. The molecule has 2 aromatic carbocycles. The Morgan fingerprint density at radius 1 is 0.952 bits per heavy atom. The molecule has 0 aliphatic carbocycles. The van der Waals surface area contributed by atoms with Crippen LogP contribution in [0.15, 0.2) is 56.5 Å². The molecular formula is C15H9Cl2NO3. The van der Waals surface area contributed by atoms with E-state index in [-0.39, 0.29) is 6.54 Å². The van der Waals surface area contributed by atoms with Crippen LogP contribution in [0.5, 0.6) is 0 Å². The highest BCUT2D eigenvalue weighted by atomic mass is 35.5. The first-order valence-electron chi connectivity index (χ1n) is 6.13. The number of hydrogen-bond acceptors (Lipinski definition) is 3.